The fourth-order valence-electron chi connectivity index (χ4n) is 1.97. The predicted molar refractivity (Wildman–Crippen MR) is 67.1 cm³/mol. The van der Waals surface area contributed by atoms with E-state index < -0.39 is 22.8 Å². The molecule has 1 aromatic heterocycles. The quantitative estimate of drug-likeness (QED) is 0.864. The van der Waals surface area contributed by atoms with Gasteiger partial charge in [0.2, 0.25) is 0 Å². The van der Waals surface area contributed by atoms with Crippen molar-refractivity contribution < 1.29 is 15.0 Å². The van der Waals surface area contributed by atoms with Crippen molar-refractivity contribution in [1.82, 2.24) is 4.57 Å². The maximum Gasteiger partial charge on any atom is 0.345 e. The summed E-state index contributed by atoms with van der Waals surface area (Å²) in [5.74, 6) is -2.03. The number of aromatic carboxylic acids is 1. The second-order valence-electron chi connectivity index (χ2n) is 3.91. The molecule has 0 aliphatic carbocycles. The highest BCUT2D eigenvalue weighted by Gasteiger charge is 2.21. The molecular weight excluding hydrogens is 248 g/mol. The summed E-state index contributed by atoms with van der Waals surface area (Å²) in [7, 11) is 0. The highest BCUT2D eigenvalue weighted by Crippen LogP contribution is 2.26. The molecular formula is C13H10N2O4. The summed E-state index contributed by atoms with van der Waals surface area (Å²) in [4.78, 5) is 23.1. The summed E-state index contributed by atoms with van der Waals surface area (Å²) in [6.07, 6.45) is 0.0771. The SMILES string of the molecule is N#CCCn1c(=O)c(C(=O)O)c(O)c2ccccc21. The van der Waals surface area contributed by atoms with E-state index >= 15 is 0 Å². The van der Waals surface area contributed by atoms with Gasteiger partial charge in [0.1, 0.15) is 5.75 Å². The van der Waals surface area contributed by atoms with Crippen LogP contribution in [-0.4, -0.2) is 20.7 Å². The number of aromatic nitrogens is 1. The molecule has 19 heavy (non-hydrogen) atoms. The molecule has 0 fully saturated rings. The zero-order chi connectivity index (χ0) is 14.0. The fourth-order valence-corrected chi connectivity index (χ4v) is 1.97. The molecule has 6 heteroatoms. The number of carbonyl (C=O) groups is 1. The van der Waals surface area contributed by atoms with E-state index in [9.17, 15) is 14.7 Å². The standard InChI is InChI=1S/C13H10N2O4/c14-6-3-7-15-9-5-2-1-4-8(9)11(16)10(12(15)17)13(18)19/h1-2,4-5,16H,3,7H2,(H,18,19). The van der Waals surface area contributed by atoms with E-state index in [-0.39, 0.29) is 18.4 Å². The normalized spacial score (nSPS) is 10.3. The molecule has 0 amide bonds. The van der Waals surface area contributed by atoms with Gasteiger partial charge in [-0.05, 0) is 12.1 Å². The van der Waals surface area contributed by atoms with Crippen molar-refractivity contribution in [3.63, 3.8) is 0 Å². The Morgan fingerprint density at radius 2 is 2.05 bits per heavy atom. The minimum Gasteiger partial charge on any atom is -0.506 e. The number of fused-ring (bicyclic) bond motifs is 1. The van der Waals surface area contributed by atoms with Gasteiger partial charge in [-0.3, -0.25) is 4.79 Å². The van der Waals surface area contributed by atoms with Crippen molar-refractivity contribution in [1.29, 1.82) is 5.26 Å². The number of carboxylic acid groups (broad SMARTS) is 1. The molecule has 0 unspecified atom stereocenters. The number of rotatable bonds is 3. The second-order valence-corrected chi connectivity index (χ2v) is 3.91. The van der Waals surface area contributed by atoms with Crippen LogP contribution >= 0.6 is 0 Å². The van der Waals surface area contributed by atoms with Gasteiger partial charge in [-0.25, -0.2) is 4.79 Å². The van der Waals surface area contributed by atoms with Crippen molar-refractivity contribution in [2.45, 2.75) is 13.0 Å². The Hall–Kier alpha value is -2.81. The molecule has 0 aliphatic heterocycles. The van der Waals surface area contributed by atoms with Crippen LogP contribution in [0.3, 0.4) is 0 Å². The molecule has 0 atom stereocenters. The topological polar surface area (TPSA) is 103 Å². The molecule has 0 radical (unpaired) electrons. The lowest BCUT2D eigenvalue weighted by atomic mass is 10.1. The van der Waals surface area contributed by atoms with Crippen molar-refractivity contribution in [3.05, 3.63) is 40.2 Å². The van der Waals surface area contributed by atoms with Crippen LogP contribution in [0.2, 0.25) is 0 Å². The minimum atomic E-state index is -1.49. The summed E-state index contributed by atoms with van der Waals surface area (Å²) < 4.78 is 1.20. The second kappa shape index (κ2) is 4.82. The van der Waals surface area contributed by atoms with E-state index in [1.807, 2.05) is 6.07 Å². The number of hydrogen-bond donors (Lipinski definition) is 2. The van der Waals surface area contributed by atoms with Gasteiger partial charge in [-0.2, -0.15) is 5.26 Å². The van der Waals surface area contributed by atoms with Gasteiger partial charge < -0.3 is 14.8 Å². The monoisotopic (exact) mass is 258 g/mol. The van der Waals surface area contributed by atoms with Crippen LogP contribution in [0.15, 0.2) is 29.1 Å². The summed E-state index contributed by atoms with van der Waals surface area (Å²) >= 11 is 0. The van der Waals surface area contributed by atoms with Gasteiger partial charge in [0.05, 0.1) is 18.0 Å². The zero-order valence-electron chi connectivity index (χ0n) is 9.83. The van der Waals surface area contributed by atoms with Gasteiger partial charge in [0.15, 0.2) is 5.56 Å². The van der Waals surface area contributed by atoms with Crippen molar-refractivity contribution in [2.24, 2.45) is 0 Å². The van der Waals surface area contributed by atoms with E-state index in [2.05, 4.69) is 0 Å². The first kappa shape index (κ1) is 12.6. The van der Waals surface area contributed by atoms with Crippen LogP contribution in [0.25, 0.3) is 10.9 Å². The number of nitrogens with zero attached hydrogens (tertiary/aromatic N) is 2. The molecule has 1 aromatic carbocycles. The number of hydrogen-bond acceptors (Lipinski definition) is 4. The van der Waals surface area contributed by atoms with Crippen LogP contribution in [0, 0.1) is 11.3 Å². The Balaban J connectivity index is 2.89. The third kappa shape index (κ3) is 2.02. The number of carboxylic acids is 1. The molecule has 2 rings (SSSR count). The van der Waals surface area contributed by atoms with Crippen molar-refractivity contribution >= 4 is 16.9 Å². The third-order valence-electron chi connectivity index (χ3n) is 2.81. The Morgan fingerprint density at radius 3 is 2.68 bits per heavy atom. The summed E-state index contributed by atoms with van der Waals surface area (Å²) in [5, 5.41) is 27.8. The molecule has 6 nitrogen and oxygen atoms in total. The first-order chi connectivity index (χ1) is 9.07. The highest BCUT2D eigenvalue weighted by atomic mass is 16.4. The molecule has 2 N–H and O–H groups in total. The zero-order valence-corrected chi connectivity index (χ0v) is 9.83. The molecule has 2 aromatic rings. The van der Waals surface area contributed by atoms with Crippen LogP contribution in [-0.2, 0) is 6.54 Å². The molecule has 0 aliphatic rings. The summed E-state index contributed by atoms with van der Waals surface area (Å²) in [5.41, 5.74) is -1.07. The summed E-state index contributed by atoms with van der Waals surface area (Å²) in [6.45, 7) is 0.0798. The maximum atomic E-state index is 12.1. The number of para-hydroxylation sites is 1. The molecule has 0 bridgehead atoms. The minimum absolute atomic E-state index is 0.0771. The van der Waals surface area contributed by atoms with Crippen LogP contribution in [0.1, 0.15) is 16.8 Å². The number of aryl methyl sites for hydroxylation is 1. The van der Waals surface area contributed by atoms with E-state index in [0.29, 0.717) is 5.52 Å². The van der Waals surface area contributed by atoms with Crippen LogP contribution in [0.5, 0.6) is 5.75 Å². The van der Waals surface area contributed by atoms with Gasteiger partial charge in [-0.1, -0.05) is 12.1 Å². The molecule has 0 saturated carbocycles. The lowest BCUT2D eigenvalue weighted by Gasteiger charge is -2.11. The van der Waals surface area contributed by atoms with Gasteiger partial charge in [-0.15, -0.1) is 0 Å². The van der Waals surface area contributed by atoms with E-state index in [1.54, 1.807) is 18.2 Å². The first-order valence-electron chi connectivity index (χ1n) is 5.52. The first-order valence-corrected chi connectivity index (χ1v) is 5.52. The number of benzene rings is 1. The van der Waals surface area contributed by atoms with Crippen molar-refractivity contribution in [2.75, 3.05) is 0 Å². The maximum absolute atomic E-state index is 12.1. The lowest BCUT2D eigenvalue weighted by molar-refractivity contribution is 0.0691. The Bertz CT molecular complexity index is 756. The molecule has 1 heterocycles. The van der Waals surface area contributed by atoms with E-state index in [1.165, 1.54) is 10.6 Å². The Morgan fingerprint density at radius 1 is 1.37 bits per heavy atom. The van der Waals surface area contributed by atoms with Gasteiger partial charge in [0, 0.05) is 11.9 Å². The number of pyridine rings is 1. The molecule has 0 spiro atoms. The molecule has 96 valence electrons. The third-order valence-corrected chi connectivity index (χ3v) is 2.81. The largest absolute Gasteiger partial charge is 0.506 e. The fraction of sp³-hybridized carbons (Fsp3) is 0.154. The highest BCUT2D eigenvalue weighted by molar-refractivity contribution is 5.98. The van der Waals surface area contributed by atoms with E-state index in [0.717, 1.165) is 0 Å². The smallest absolute Gasteiger partial charge is 0.345 e. The van der Waals surface area contributed by atoms with Gasteiger partial charge >= 0.3 is 5.97 Å². The molecule has 0 saturated heterocycles. The predicted octanol–water partition coefficient (Wildman–Crippen LogP) is 1.32. The van der Waals surface area contributed by atoms with Gasteiger partial charge in [0.25, 0.3) is 5.56 Å². The van der Waals surface area contributed by atoms with Crippen molar-refractivity contribution in [3.8, 4) is 11.8 Å². The van der Waals surface area contributed by atoms with E-state index in [4.69, 9.17) is 10.4 Å². The average molecular weight is 258 g/mol. The lowest BCUT2D eigenvalue weighted by Crippen LogP contribution is -2.27. The Labute approximate surface area is 107 Å². The number of aromatic hydroxyl groups is 1. The van der Waals surface area contributed by atoms with Crippen LogP contribution < -0.4 is 5.56 Å². The Kier molecular flexibility index (Phi) is 3.21. The number of nitriles is 1. The summed E-state index contributed by atoms with van der Waals surface area (Å²) in [6, 6.07) is 8.33. The average Bonchev–Trinajstić information content (AvgIpc) is 2.38. The van der Waals surface area contributed by atoms with Crippen LogP contribution in [0.4, 0.5) is 0 Å².